The van der Waals surface area contributed by atoms with Crippen molar-refractivity contribution in [3.05, 3.63) is 60.2 Å². The van der Waals surface area contributed by atoms with E-state index in [0.29, 0.717) is 42.5 Å². The van der Waals surface area contributed by atoms with Crippen molar-refractivity contribution in [1.29, 1.82) is 0 Å². The first kappa shape index (κ1) is 26.2. The van der Waals surface area contributed by atoms with Gasteiger partial charge < -0.3 is 20.5 Å². The maximum atomic E-state index is 13.0. The van der Waals surface area contributed by atoms with Crippen molar-refractivity contribution in [2.75, 3.05) is 49.8 Å². The highest BCUT2D eigenvalue weighted by atomic mass is 19.4. The number of morpholine rings is 1. The van der Waals surface area contributed by atoms with Gasteiger partial charge in [-0.1, -0.05) is 6.07 Å². The van der Waals surface area contributed by atoms with Crippen LogP contribution in [0.5, 0.6) is 5.75 Å². The van der Waals surface area contributed by atoms with E-state index in [-0.39, 0.29) is 5.82 Å². The summed E-state index contributed by atoms with van der Waals surface area (Å²) in [5.41, 5.74) is 8.69. The molecule has 1 fully saturated rings. The topological polar surface area (TPSA) is 132 Å². The summed E-state index contributed by atoms with van der Waals surface area (Å²) in [6.07, 6.45) is -2.19. The van der Waals surface area contributed by atoms with Crippen molar-refractivity contribution in [3.63, 3.8) is 0 Å². The largest absolute Gasteiger partial charge is 0.495 e. The second kappa shape index (κ2) is 10.7. The van der Waals surface area contributed by atoms with E-state index in [1.54, 1.807) is 22.7 Å². The molecule has 4 aromatic rings. The van der Waals surface area contributed by atoms with Crippen molar-refractivity contribution in [2.24, 2.45) is 0 Å². The molecule has 3 aromatic heterocycles. The minimum Gasteiger partial charge on any atom is -0.495 e. The fourth-order valence-electron chi connectivity index (χ4n) is 4.36. The minimum absolute atomic E-state index is 0.249. The van der Waals surface area contributed by atoms with Gasteiger partial charge in [0.1, 0.15) is 23.4 Å². The molecule has 0 spiro atoms. The van der Waals surface area contributed by atoms with Crippen molar-refractivity contribution in [3.8, 4) is 16.9 Å². The van der Waals surface area contributed by atoms with Crippen LogP contribution in [-0.2, 0) is 17.5 Å². The van der Waals surface area contributed by atoms with Crippen LogP contribution in [0.2, 0.25) is 0 Å². The number of nitrogens with one attached hydrogen (secondary N) is 2. The molecular weight excluding hydrogens is 517 g/mol. The molecule has 0 saturated carbocycles. The van der Waals surface area contributed by atoms with Gasteiger partial charge >= 0.3 is 12.2 Å². The van der Waals surface area contributed by atoms with E-state index in [4.69, 9.17) is 15.2 Å². The minimum atomic E-state index is -4.56. The molecule has 0 bridgehead atoms. The molecule has 1 aliphatic heterocycles. The quantitative estimate of drug-likeness (QED) is 0.335. The van der Waals surface area contributed by atoms with E-state index in [0.717, 1.165) is 48.2 Å². The number of halogens is 3. The molecule has 0 atom stereocenters. The fourth-order valence-corrected chi connectivity index (χ4v) is 4.36. The number of hydrogen-bond acceptors (Lipinski definition) is 8. The smallest absolute Gasteiger partial charge is 0.416 e. The van der Waals surface area contributed by atoms with Crippen LogP contribution in [0, 0.1) is 0 Å². The highest BCUT2D eigenvalue weighted by Gasteiger charge is 2.31. The molecule has 4 N–H and O–H groups in total. The van der Waals surface area contributed by atoms with Crippen molar-refractivity contribution in [1.82, 2.24) is 24.5 Å². The van der Waals surface area contributed by atoms with Crippen LogP contribution in [0.3, 0.4) is 0 Å². The normalized spacial score (nSPS) is 14.4. The lowest BCUT2D eigenvalue weighted by atomic mass is 10.1. The number of alkyl halides is 3. The summed E-state index contributed by atoms with van der Waals surface area (Å²) in [4.78, 5) is 22.7. The Bertz CT molecular complexity index is 1500. The van der Waals surface area contributed by atoms with Gasteiger partial charge in [0.25, 0.3) is 0 Å². The number of hydrogen-bond donors (Lipinski definition) is 3. The van der Waals surface area contributed by atoms with Gasteiger partial charge in [0.2, 0.25) is 0 Å². The summed E-state index contributed by atoms with van der Waals surface area (Å²) in [6.45, 7) is 3.57. The molecule has 14 heteroatoms. The Labute approximate surface area is 220 Å². The van der Waals surface area contributed by atoms with Gasteiger partial charge in [0, 0.05) is 31.4 Å². The van der Waals surface area contributed by atoms with Crippen LogP contribution in [0.25, 0.3) is 16.6 Å². The number of aromatic nitrogens is 4. The van der Waals surface area contributed by atoms with E-state index in [1.165, 1.54) is 13.4 Å². The van der Waals surface area contributed by atoms with Gasteiger partial charge in [-0.2, -0.15) is 18.3 Å². The summed E-state index contributed by atoms with van der Waals surface area (Å²) in [6, 6.07) is 7.88. The lowest BCUT2D eigenvalue weighted by Gasteiger charge is -2.26. The first-order valence-corrected chi connectivity index (χ1v) is 11.9. The number of anilines is 3. The summed E-state index contributed by atoms with van der Waals surface area (Å²) >= 11 is 0. The molecule has 1 aromatic carbocycles. The van der Waals surface area contributed by atoms with Gasteiger partial charge in [0.05, 0.1) is 37.3 Å². The number of rotatable bonds is 6. The fraction of sp³-hybridized carbons (Fsp3) is 0.280. The number of carbonyl (C=O) groups is 1. The standard InChI is InChI=1S/C25H25F3N8O3/c1-38-20-10-15(2-3-19(20)33-24(37)34-21-11-16(4-5-30-21)25(26,27)28)18-12-17(13-35-6-8-39-9-7-35)36-22(18)23(29)31-14-32-36/h2-5,10-12,14H,6-9,13H2,1H3,(H2,29,31,32)(H2,30,33,34,37). The molecule has 1 aliphatic rings. The van der Waals surface area contributed by atoms with Gasteiger partial charge in [0.15, 0.2) is 5.82 Å². The number of nitrogens with zero attached hydrogens (tertiary/aromatic N) is 5. The number of pyridine rings is 1. The number of nitrogens with two attached hydrogens (primary N) is 1. The van der Waals surface area contributed by atoms with Gasteiger partial charge in [-0.15, -0.1) is 0 Å². The number of benzene rings is 1. The van der Waals surface area contributed by atoms with E-state index < -0.39 is 17.8 Å². The second-order valence-corrected chi connectivity index (χ2v) is 8.77. The first-order valence-electron chi connectivity index (χ1n) is 11.9. The molecule has 39 heavy (non-hydrogen) atoms. The average molecular weight is 543 g/mol. The van der Waals surface area contributed by atoms with E-state index in [2.05, 4.69) is 30.6 Å². The number of fused-ring (bicyclic) bond motifs is 1. The van der Waals surface area contributed by atoms with Crippen LogP contribution in [0.4, 0.5) is 35.3 Å². The Kier molecular flexibility index (Phi) is 7.21. The highest BCUT2D eigenvalue weighted by Crippen LogP contribution is 2.36. The molecule has 4 heterocycles. The Balaban J connectivity index is 1.40. The van der Waals surface area contributed by atoms with Gasteiger partial charge in [-0.05, 0) is 35.9 Å². The van der Waals surface area contributed by atoms with Crippen LogP contribution in [0.1, 0.15) is 11.3 Å². The van der Waals surface area contributed by atoms with Crippen molar-refractivity contribution >= 4 is 28.9 Å². The molecule has 0 radical (unpaired) electrons. The summed E-state index contributed by atoms with van der Waals surface area (Å²) in [7, 11) is 1.44. The van der Waals surface area contributed by atoms with Crippen LogP contribution < -0.4 is 21.1 Å². The second-order valence-electron chi connectivity index (χ2n) is 8.77. The van der Waals surface area contributed by atoms with Crippen LogP contribution in [-0.4, -0.2) is 63.9 Å². The van der Waals surface area contributed by atoms with Gasteiger partial charge in [-0.3, -0.25) is 10.2 Å². The molecule has 0 unspecified atom stereocenters. The number of carbonyl (C=O) groups excluding carboxylic acids is 1. The molecule has 0 aliphatic carbocycles. The third kappa shape index (κ3) is 5.71. The Morgan fingerprint density at radius 3 is 2.67 bits per heavy atom. The lowest BCUT2D eigenvalue weighted by Crippen LogP contribution is -2.36. The third-order valence-corrected chi connectivity index (χ3v) is 6.24. The van der Waals surface area contributed by atoms with E-state index in [1.807, 2.05) is 6.07 Å². The van der Waals surface area contributed by atoms with E-state index in [9.17, 15) is 18.0 Å². The number of ether oxygens (including phenoxy) is 2. The summed E-state index contributed by atoms with van der Waals surface area (Å²) in [5.74, 6) is 0.382. The molecule has 5 rings (SSSR count). The Hall–Kier alpha value is -4.43. The van der Waals surface area contributed by atoms with Gasteiger partial charge in [-0.25, -0.2) is 19.3 Å². The zero-order valence-electron chi connectivity index (χ0n) is 20.8. The van der Waals surface area contributed by atoms with Crippen LogP contribution >= 0.6 is 0 Å². The average Bonchev–Trinajstić information content (AvgIpc) is 3.28. The maximum absolute atomic E-state index is 13.0. The predicted octanol–water partition coefficient (Wildman–Crippen LogP) is 3.88. The monoisotopic (exact) mass is 542 g/mol. The predicted molar refractivity (Wildman–Crippen MR) is 137 cm³/mol. The number of amides is 2. The molecular formula is C25H25F3N8O3. The highest BCUT2D eigenvalue weighted by molar-refractivity contribution is 6.00. The van der Waals surface area contributed by atoms with Crippen molar-refractivity contribution < 1.29 is 27.4 Å². The Morgan fingerprint density at radius 1 is 1.13 bits per heavy atom. The molecule has 11 nitrogen and oxygen atoms in total. The van der Waals surface area contributed by atoms with Crippen LogP contribution in [0.15, 0.2) is 48.9 Å². The van der Waals surface area contributed by atoms with E-state index >= 15 is 0 Å². The molecule has 204 valence electrons. The summed E-state index contributed by atoms with van der Waals surface area (Å²) < 4.78 is 51.6. The molecule has 1 saturated heterocycles. The SMILES string of the molecule is COc1cc(-c2cc(CN3CCOCC3)n3ncnc(N)c23)ccc1NC(=O)Nc1cc(C(F)(F)F)ccn1. The molecule has 2 amide bonds. The first-order chi connectivity index (χ1) is 18.7. The zero-order chi connectivity index (χ0) is 27.6. The zero-order valence-corrected chi connectivity index (χ0v) is 20.8. The number of urea groups is 1. The Morgan fingerprint density at radius 2 is 1.92 bits per heavy atom. The third-order valence-electron chi connectivity index (χ3n) is 6.24. The summed E-state index contributed by atoms with van der Waals surface area (Å²) in [5, 5.41) is 9.30. The lowest BCUT2D eigenvalue weighted by molar-refractivity contribution is -0.137. The van der Waals surface area contributed by atoms with Crippen molar-refractivity contribution in [2.45, 2.75) is 12.7 Å². The number of nitrogen functional groups attached to an aromatic ring is 1. The maximum Gasteiger partial charge on any atom is 0.416 e. The number of methoxy groups -OCH3 is 1.